The molecule has 0 aromatic heterocycles. The Labute approximate surface area is 133 Å². The summed E-state index contributed by atoms with van der Waals surface area (Å²) in [7, 11) is 0. The predicted molar refractivity (Wildman–Crippen MR) is 83.7 cm³/mol. The number of ketones is 2. The molecule has 0 saturated heterocycles. The lowest BCUT2D eigenvalue weighted by atomic mass is 9.67. The van der Waals surface area contributed by atoms with Gasteiger partial charge in [0.25, 0.3) is 0 Å². The molecule has 0 bridgehead atoms. The second-order valence-corrected chi connectivity index (χ2v) is 6.01. The molecule has 5 heteroatoms. The Balaban J connectivity index is 2.37. The summed E-state index contributed by atoms with van der Waals surface area (Å²) in [5, 5.41) is 20.6. The number of carbonyl (C=O) groups excluding carboxylic acids is 2. The molecule has 1 heterocycles. The van der Waals surface area contributed by atoms with Crippen LogP contribution in [0.1, 0.15) is 46.3 Å². The van der Waals surface area contributed by atoms with Crippen LogP contribution in [-0.2, 0) is 9.53 Å². The largest absolute Gasteiger partial charge is 0.507 e. The Morgan fingerprint density at radius 3 is 2.48 bits per heavy atom. The van der Waals surface area contributed by atoms with Crippen molar-refractivity contribution >= 4 is 11.6 Å². The topological polar surface area (TPSA) is 83.8 Å². The van der Waals surface area contributed by atoms with E-state index in [1.54, 1.807) is 32.9 Å². The molecule has 0 amide bonds. The van der Waals surface area contributed by atoms with Gasteiger partial charge in [-0.15, -0.1) is 0 Å². The minimum absolute atomic E-state index is 0.0704. The highest BCUT2D eigenvalue weighted by Gasteiger charge is 2.55. The fraction of sp³-hybridized carbons (Fsp3) is 0.333. The molecule has 120 valence electrons. The molecule has 2 N–H and O–H groups in total. The summed E-state index contributed by atoms with van der Waals surface area (Å²) in [6.45, 7) is 5.04. The first-order chi connectivity index (χ1) is 10.8. The molecule has 3 rings (SSSR count). The summed E-state index contributed by atoms with van der Waals surface area (Å²) in [4.78, 5) is 25.1. The van der Waals surface area contributed by atoms with Crippen LogP contribution in [0.4, 0.5) is 0 Å². The van der Waals surface area contributed by atoms with Crippen LogP contribution in [0.2, 0.25) is 0 Å². The number of aromatic hydroxyl groups is 2. The van der Waals surface area contributed by atoms with Gasteiger partial charge in [0.1, 0.15) is 11.5 Å². The minimum Gasteiger partial charge on any atom is -0.507 e. The Bertz CT molecular complexity index is 787. The number of rotatable bonds is 1. The zero-order valence-electron chi connectivity index (χ0n) is 13.2. The van der Waals surface area contributed by atoms with E-state index in [0.717, 1.165) is 0 Å². The third kappa shape index (κ3) is 1.86. The van der Waals surface area contributed by atoms with Gasteiger partial charge in [0, 0.05) is 11.6 Å². The van der Waals surface area contributed by atoms with Crippen molar-refractivity contribution in [1.29, 1.82) is 0 Å². The number of ether oxygens (including phenoxy) is 1. The second kappa shape index (κ2) is 4.98. The fourth-order valence-electron chi connectivity index (χ4n) is 3.58. The SMILES string of the molecule is CC=CC1c2c(C)c(O)c(C)c(O)c2C(=O)CC12OC=CC2=O. The second-order valence-electron chi connectivity index (χ2n) is 6.01. The normalized spacial score (nSPS) is 26.1. The number of phenols is 2. The Morgan fingerprint density at radius 1 is 1.22 bits per heavy atom. The van der Waals surface area contributed by atoms with Crippen molar-refractivity contribution in [3.05, 3.63) is 46.7 Å². The van der Waals surface area contributed by atoms with E-state index in [4.69, 9.17) is 4.74 Å². The van der Waals surface area contributed by atoms with Gasteiger partial charge in [-0.05, 0) is 31.9 Å². The van der Waals surface area contributed by atoms with Gasteiger partial charge < -0.3 is 14.9 Å². The van der Waals surface area contributed by atoms with Crippen LogP contribution in [0.3, 0.4) is 0 Å². The van der Waals surface area contributed by atoms with Crippen molar-refractivity contribution < 1.29 is 24.5 Å². The minimum atomic E-state index is -1.32. The van der Waals surface area contributed by atoms with Gasteiger partial charge in [0.15, 0.2) is 11.4 Å². The fourth-order valence-corrected chi connectivity index (χ4v) is 3.58. The maximum absolute atomic E-state index is 12.7. The predicted octanol–water partition coefficient (Wildman–Crippen LogP) is 2.81. The number of hydrogen-bond donors (Lipinski definition) is 2. The molecule has 23 heavy (non-hydrogen) atoms. The summed E-state index contributed by atoms with van der Waals surface area (Å²) in [5.74, 6) is -1.49. The highest BCUT2D eigenvalue weighted by atomic mass is 16.5. The Hall–Kier alpha value is -2.56. The molecule has 1 aromatic carbocycles. The van der Waals surface area contributed by atoms with Gasteiger partial charge in [0.05, 0.1) is 24.2 Å². The molecule has 1 aliphatic heterocycles. The van der Waals surface area contributed by atoms with Gasteiger partial charge in [-0.25, -0.2) is 0 Å². The lowest BCUT2D eigenvalue weighted by molar-refractivity contribution is -0.130. The van der Waals surface area contributed by atoms with Crippen LogP contribution < -0.4 is 0 Å². The van der Waals surface area contributed by atoms with Crippen LogP contribution in [0.5, 0.6) is 11.5 Å². The maximum Gasteiger partial charge on any atom is 0.203 e. The molecule has 5 nitrogen and oxygen atoms in total. The lowest BCUT2D eigenvalue weighted by Gasteiger charge is -2.39. The van der Waals surface area contributed by atoms with E-state index < -0.39 is 11.5 Å². The quantitative estimate of drug-likeness (QED) is 0.779. The molecular formula is C18H18O5. The van der Waals surface area contributed by atoms with Gasteiger partial charge in [0.2, 0.25) is 5.78 Å². The average Bonchev–Trinajstić information content (AvgIpc) is 2.87. The first-order valence-electron chi connectivity index (χ1n) is 7.45. The molecule has 1 spiro atoms. The van der Waals surface area contributed by atoms with Crippen molar-refractivity contribution in [2.45, 2.75) is 38.7 Å². The molecule has 1 aromatic rings. The zero-order chi connectivity index (χ0) is 16.9. The van der Waals surface area contributed by atoms with Gasteiger partial charge >= 0.3 is 0 Å². The van der Waals surface area contributed by atoms with Gasteiger partial charge in [-0.2, -0.15) is 0 Å². The maximum atomic E-state index is 12.7. The number of Topliss-reactive ketones (excluding diaryl/α,β-unsaturated/α-hetero) is 1. The number of allylic oxidation sites excluding steroid dienone is 1. The number of benzene rings is 1. The van der Waals surface area contributed by atoms with E-state index in [1.807, 2.05) is 0 Å². The van der Waals surface area contributed by atoms with E-state index >= 15 is 0 Å². The van der Waals surface area contributed by atoms with Crippen molar-refractivity contribution in [2.75, 3.05) is 0 Å². The van der Waals surface area contributed by atoms with E-state index in [0.29, 0.717) is 11.1 Å². The molecule has 1 aliphatic carbocycles. The van der Waals surface area contributed by atoms with Crippen LogP contribution in [0.15, 0.2) is 24.5 Å². The highest BCUT2D eigenvalue weighted by Crippen LogP contribution is 2.51. The first kappa shape index (κ1) is 15.3. The molecule has 0 radical (unpaired) electrons. The van der Waals surface area contributed by atoms with Crippen LogP contribution >= 0.6 is 0 Å². The van der Waals surface area contributed by atoms with Crippen LogP contribution in [0, 0.1) is 13.8 Å². The highest BCUT2D eigenvalue weighted by molar-refractivity contribution is 6.11. The molecule has 0 fully saturated rings. The van der Waals surface area contributed by atoms with E-state index in [-0.39, 0.29) is 40.6 Å². The van der Waals surface area contributed by atoms with Crippen LogP contribution in [0.25, 0.3) is 0 Å². The van der Waals surface area contributed by atoms with E-state index in [9.17, 15) is 19.8 Å². The van der Waals surface area contributed by atoms with Gasteiger partial charge in [-0.3, -0.25) is 9.59 Å². The number of fused-ring (bicyclic) bond motifs is 1. The lowest BCUT2D eigenvalue weighted by Crippen LogP contribution is -2.47. The smallest absolute Gasteiger partial charge is 0.203 e. The summed E-state index contributed by atoms with van der Waals surface area (Å²) in [5.41, 5.74) is 0.0534. The average molecular weight is 314 g/mol. The van der Waals surface area contributed by atoms with Gasteiger partial charge in [-0.1, -0.05) is 12.2 Å². The third-order valence-corrected chi connectivity index (χ3v) is 4.79. The Kier molecular flexibility index (Phi) is 3.32. The summed E-state index contributed by atoms with van der Waals surface area (Å²) in [6, 6.07) is 0. The summed E-state index contributed by atoms with van der Waals surface area (Å²) < 4.78 is 5.59. The van der Waals surface area contributed by atoms with E-state index in [2.05, 4.69) is 0 Å². The standard InChI is InChI=1S/C18H18O5/c1-4-5-11-14-9(2)16(21)10(3)17(22)15(14)12(19)8-18(11)13(20)6-7-23-18/h4-7,11,21-22H,8H2,1-3H3. The monoisotopic (exact) mass is 314 g/mol. The molecular weight excluding hydrogens is 296 g/mol. The summed E-state index contributed by atoms with van der Waals surface area (Å²) in [6.07, 6.45) is 6.03. The zero-order valence-corrected chi connectivity index (χ0v) is 13.2. The molecule has 2 unspecified atom stereocenters. The molecule has 0 saturated carbocycles. The third-order valence-electron chi connectivity index (χ3n) is 4.79. The van der Waals surface area contributed by atoms with Crippen molar-refractivity contribution in [3.8, 4) is 11.5 Å². The molecule has 2 aliphatic rings. The van der Waals surface area contributed by atoms with E-state index in [1.165, 1.54) is 12.3 Å². The van der Waals surface area contributed by atoms with Crippen molar-refractivity contribution in [2.24, 2.45) is 0 Å². The number of carbonyl (C=O) groups is 2. The summed E-state index contributed by atoms with van der Waals surface area (Å²) >= 11 is 0. The van der Waals surface area contributed by atoms with Crippen molar-refractivity contribution in [3.63, 3.8) is 0 Å². The first-order valence-corrected chi connectivity index (χ1v) is 7.45. The van der Waals surface area contributed by atoms with Crippen molar-refractivity contribution in [1.82, 2.24) is 0 Å². The molecule has 2 atom stereocenters. The Morgan fingerprint density at radius 2 is 1.91 bits per heavy atom. The van der Waals surface area contributed by atoms with Crippen LogP contribution in [-0.4, -0.2) is 27.4 Å². The number of hydrogen-bond acceptors (Lipinski definition) is 5. The number of phenolic OH excluding ortho intramolecular Hbond substituents is 2.